The predicted molar refractivity (Wildman–Crippen MR) is 142 cm³/mol. The highest BCUT2D eigenvalue weighted by atomic mass is 32.1. The van der Waals surface area contributed by atoms with Crippen molar-refractivity contribution < 1.29 is 18.7 Å². The highest BCUT2D eigenvalue weighted by molar-refractivity contribution is 7.11. The second-order valence-corrected chi connectivity index (χ2v) is 9.56. The normalized spacial score (nSPS) is 11.9. The van der Waals surface area contributed by atoms with Crippen LogP contribution in [-0.2, 0) is 0 Å². The number of nitrogens with one attached hydrogen (secondary N) is 2. The molecule has 0 aliphatic carbocycles. The highest BCUT2D eigenvalue weighted by Gasteiger charge is 2.21. The van der Waals surface area contributed by atoms with E-state index < -0.39 is 0 Å². The molecule has 0 unspecified atom stereocenters. The van der Waals surface area contributed by atoms with Crippen LogP contribution in [-0.4, -0.2) is 43.7 Å². The van der Waals surface area contributed by atoms with Gasteiger partial charge in [0.05, 0.1) is 54.0 Å². The smallest absolute Gasteiger partial charge is 0.263 e. The Morgan fingerprint density at radius 2 is 2.05 bits per heavy atom. The Morgan fingerprint density at radius 3 is 2.84 bits per heavy atom. The maximum absolute atomic E-state index is 12.8. The first kappa shape index (κ1) is 25.3. The van der Waals surface area contributed by atoms with Gasteiger partial charge in [0.2, 0.25) is 11.7 Å². The lowest BCUT2D eigenvalue weighted by molar-refractivity contribution is 0.0935. The van der Waals surface area contributed by atoms with Crippen molar-refractivity contribution in [3.05, 3.63) is 77.3 Å². The summed E-state index contributed by atoms with van der Waals surface area (Å²) in [7, 11) is 1.59. The number of unbranched alkanes of at least 4 members (excludes halogenated alkanes) is 2. The Hall–Kier alpha value is -4.38. The number of ketones is 1. The lowest BCUT2D eigenvalue weighted by Gasteiger charge is -2.16. The molecule has 0 aliphatic heterocycles. The number of hydrogen-bond donors (Lipinski definition) is 2. The molecule has 0 saturated carbocycles. The lowest BCUT2D eigenvalue weighted by atomic mass is 10.0. The first-order valence-corrected chi connectivity index (χ1v) is 13.1. The van der Waals surface area contributed by atoms with Gasteiger partial charge in [-0.15, -0.1) is 11.3 Å². The van der Waals surface area contributed by atoms with Crippen molar-refractivity contribution in [3.8, 4) is 17.1 Å². The molecule has 1 atom stereocenters. The van der Waals surface area contributed by atoms with Gasteiger partial charge < -0.3 is 19.5 Å². The van der Waals surface area contributed by atoms with Crippen molar-refractivity contribution in [2.24, 2.45) is 0 Å². The molecular formula is C27H26N6O4S. The molecule has 5 aromatic rings. The van der Waals surface area contributed by atoms with Gasteiger partial charge in [0.1, 0.15) is 17.0 Å². The molecule has 1 amide bonds. The van der Waals surface area contributed by atoms with E-state index in [1.807, 2.05) is 30.3 Å². The van der Waals surface area contributed by atoms with Crippen molar-refractivity contribution >= 4 is 33.9 Å². The standard InChI is InChI=1S/C27H26N6O4S/c1-36-26-18(13-17-7-5-6-8-19(17)33-26)21-14-30-24(31-21)20(32-25(35)23-15-28-16-38-23)9-3-2-4-10-22(34)27-29-11-12-37-27/h5-8,11-16,20H,2-4,9-10H2,1H3,(H,30,31)(H,32,35)/t20-/m0/s1. The van der Waals surface area contributed by atoms with Crippen LogP contribution in [0.5, 0.6) is 5.88 Å². The second kappa shape index (κ2) is 11.8. The van der Waals surface area contributed by atoms with E-state index in [-0.39, 0.29) is 23.6 Å². The predicted octanol–water partition coefficient (Wildman–Crippen LogP) is 5.38. The van der Waals surface area contributed by atoms with Crippen molar-refractivity contribution in [2.45, 2.75) is 38.1 Å². The molecule has 0 spiro atoms. The van der Waals surface area contributed by atoms with Gasteiger partial charge in [0, 0.05) is 11.8 Å². The fourth-order valence-electron chi connectivity index (χ4n) is 4.21. The molecule has 10 nitrogen and oxygen atoms in total. The van der Waals surface area contributed by atoms with Crippen molar-refractivity contribution in [2.75, 3.05) is 7.11 Å². The molecule has 1 aromatic carbocycles. The molecule has 38 heavy (non-hydrogen) atoms. The van der Waals surface area contributed by atoms with E-state index in [4.69, 9.17) is 9.15 Å². The Balaban J connectivity index is 1.31. The van der Waals surface area contributed by atoms with Gasteiger partial charge in [-0.1, -0.05) is 31.0 Å². The number of thiazole rings is 1. The summed E-state index contributed by atoms with van der Waals surface area (Å²) >= 11 is 1.28. The van der Waals surface area contributed by atoms with Gasteiger partial charge in [-0.25, -0.2) is 15.0 Å². The summed E-state index contributed by atoms with van der Waals surface area (Å²) < 4.78 is 10.6. The van der Waals surface area contributed by atoms with Crippen LogP contribution >= 0.6 is 11.3 Å². The Bertz CT molecular complexity index is 1510. The zero-order valence-electron chi connectivity index (χ0n) is 20.7. The van der Waals surface area contributed by atoms with E-state index in [0.717, 1.165) is 35.0 Å². The Morgan fingerprint density at radius 1 is 1.16 bits per heavy atom. The Kier molecular flexibility index (Phi) is 7.84. The molecule has 2 N–H and O–H groups in total. The zero-order valence-corrected chi connectivity index (χ0v) is 21.5. The van der Waals surface area contributed by atoms with Crippen LogP contribution < -0.4 is 10.1 Å². The number of hydrogen-bond acceptors (Lipinski definition) is 9. The van der Waals surface area contributed by atoms with Crippen molar-refractivity contribution in [1.29, 1.82) is 0 Å². The molecule has 0 aliphatic rings. The lowest BCUT2D eigenvalue weighted by Crippen LogP contribution is -2.28. The third-order valence-electron chi connectivity index (χ3n) is 6.13. The zero-order chi connectivity index (χ0) is 26.3. The second-order valence-electron chi connectivity index (χ2n) is 8.67. The third-order valence-corrected chi connectivity index (χ3v) is 6.90. The molecular weight excluding hydrogens is 504 g/mol. The summed E-state index contributed by atoms with van der Waals surface area (Å²) in [6.07, 6.45) is 9.40. The number of nitrogens with zero attached hydrogens (tertiary/aromatic N) is 4. The number of amides is 1. The maximum Gasteiger partial charge on any atom is 0.263 e. The number of ether oxygens (including phenoxy) is 1. The average Bonchev–Trinajstić information content (AvgIpc) is 3.74. The average molecular weight is 531 g/mol. The monoisotopic (exact) mass is 530 g/mol. The number of carbonyl (C=O) groups is 2. The summed E-state index contributed by atoms with van der Waals surface area (Å²) in [6.45, 7) is 0. The Labute approximate surface area is 222 Å². The van der Waals surface area contributed by atoms with Crippen LogP contribution in [0.25, 0.3) is 22.2 Å². The minimum absolute atomic E-state index is 0.112. The van der Waals surface area contributed by atoms with E-state index in [1.54, 1.807) is 25.0 Å². The minimum atomic E-state index is -0.361. The van der Waals surface area contributed by atoms with Crippen LogP contribution in [0, 0.1) is 0 Å². The third kappa shape index (κ3) is 5.78. The van der Waals surface area contributed by atoms with Gasteiger partial charge in [-0.05, 0) is 25.0 Å². The number of fused-ring (bicyclic) bond motifs is 1. The summed E-state index contributed by atoms with van der Waals surface area (Å²) in [5, 5.41) is 4.06. The van der Waals surface area contributed by atoms with Gasteiger partial charge in [0.25, 0.3) is 11.8 Å². The van der Waals surface area contributed by atoms with Gasteiger partial charge in [-0.3, -0.25) is 14.6 Å². The van der Waals surface area contributed by atoms with E-state index in [0.29, 0.717) is 35.8 Å². The number of carbonyl (C=O) groups excluding carboxylic acids is 2. The number of aromatic amines is 1. The number of aromatic nitrogens is 5. The van der Waals surface area contributed by atoms with Gasteiger partial charge >= 0.3 is 0 Å². The molecule has 0 fully saturated rings. The highest BCUT2D eigenvalue weighted by Crippen LogP contribution is 2.31. The van der Waals surface area contributed by atoms with Crippen molar-refractivity contribution in [3.63, 3.8) is 0 Å². The van der Waals surface area contributed by atoms with Crippen LogP contribution in [0.3, 0.4) is 0 Å². The molecule has 11 heteroatoms. The molecule has 5 rings (SSSR count). The summed E-state index contributed by atoms with van der Waals surface area (Å²) in [4.78, 5) is 46.0. The fraction of sp³-hybridized carbons (Fsp3) is 0.259. The molecule has 0 radical (unpaired) electrons. The SMILES string of the molecule is COc1nc2ccccc2cc1-c1cnc([C@H](CCCCCC(=O)c2ncco2)NC(=O)c2cncs2)[nH]1. The van der Waals surface area contributed by atoms with Crippen LogP contribution in [0.15, 0.2) is 65.1 Å². The summed E-state index contributed by atoms with van der Waals surface area (Å²) in [5.41, 5.74) is 3.98. The first-order chi connectivity index (χ1) is 18.6. The van der Waals surface area contributed by atoms with Gasteiger partial charge in [-0.2, -0.15) is 0 Å². The van der Waals surface area contributed by atoms with E-state index >= 15 is 0 Å². The van der Waals surface area contributed by atoms with E-state index in [2.05, 4.69) is 30.2 Å². The number of rotatable bonds is 12. The minimum Gasteiger partial charge on any atom is -0.480 e. The topological polar surface area (TPSA) is 136 Å². The van der Waals surface area contributed by atoms with Crippen LogP contribution in [0.4, 0.5) is 0 Å². The molecule has 4 heterocycles. The van der Waals surface area contributed by atoms with Crippen LogP contribution in [0.2, 0.25) is 0 Å². The summed E-state index contributed by atoms with van der Waals surface area (Å²) in [5.74, 6) is 0.934. The van der Waals surface area contributed by atoms with E-state index in [9.17, 15) is 9.59 Å². The first-order valence-electron chi connectivity index (χ1n) is 12.2. The fourth-order valence-corrected chi connectivity index (χ4v) is 4.73. The van der Waals surface area contributed by atoms with Crippen LogP contribution in [0.1, 0.15) is 64.3 Å². The molecule has 0 bridgehead atoms. The number of Topliss-reactive ketones (excluding diaryl/α,β-unsaturated/α-hetero) is 1. The maximum atomic E-state index is 12.8. The van der Waals surface area contributed by atoms with Gasteiger partial charge in [0.15, 0.2) is 0 Å². The number of benzene rings is 1. The number of imidazole rings is 1. The number of methoxy groups -OCH3 is 1. The number of oxazole rings is 1. The number of para-hydroxylation sites is 1. The molecule has 194 valence electrons. The summed E-state index contributed by atoms with van der Waals surface area (Å²) in [6, 6.07) is 9.47. The van der Waals surface area contributed by atoms with Crippen molar-refractivity contribution in [1.82, 2.24) is 30.2 Å². The molecule has 4 aromatic heterocycles. The quantitative estimate of drug-likeness (QED) is 0.162. The largest absolute Gasteiger partial charge is 0.480 e. The number of pyridine rings is 1. The molecule has 0 saturated heterocycles. The number of H-pyrrole nitrogens is 1. The van der Waals surface area contributed by atoms with E-state index in [1.165, 1.54) is 23.8 Å².